The molecule has 0 fully saturated rings. The Morgan fingerprint density at radius 2 is 2.35 bits per heavy atom. The fraction of sp³-hybridized carbons (Fsp3) is 0.500. The number of oxazole rings is 1. The fourth-order valence-electron chi connectivity index (χ4n) is 2.57. The Bertz CT molecular complexity index is 614. The van der Waals surface area contributed by atoms with Crippen molar-refractivity contribution in [3.05, 3.63) is 36.1 Å². The molecule has 106 valence electrons. The van der Waals surface area contributed by atoms with Gasteiger partial charge in [-0.15, -0.1) is 0 Å². The van der Waals surface area contributed by atoms with Crippen LogP contribution in [-0.4, -0.2) is 26.5 Å². The summed E-state index contributed by atoms with van der Waals surface area (Å²) in [7, 11) is 0. The molecule has 20 heavy (non-hydrogen) atoms. The number of rotatable bonds is 3. The van der Waals surface area contributed by atoms with Crippen LogP contribution >= 0.6 is 0 Å². The van der Waals surface area contributed by atoms with Crippen LogP contribution in [0.3, 0.4) is 0 Å². The maximum Gasteiger partial charge on any atom is 0.273 e. The van der Waals surface area contributed by atoms with E-state index in [0.717, 1.165) is 25.2 Å². The molecule has 3 heterocycles. The summed E-state index contributed by atoms with van der Waals surface area (Å²) in [5.41, 5.74) is 0.399. The molecule has 2 aromatic rings. The number of hydrogen-bond donors (Lipinski definition) is 1. The SMILES string of the molecule is CC(C)c1ocnc1C(=O)N[C@@H]1CCc2nccn2C1. The third kappa shape index (κ3) is 2.33. The number of carbonyl (C=O) groups excluding carboxylic acids is 1. The van der Waals surface area contributed by atoms with E-state index >= 15 is 0 Å². The van der Waals surface area contributed by atoms with Crippen molar-refractivity contribution in [1.82, 2.24) is 19.9 Å². The summed E-state index contributed by atoms with van der Waals surface area (Å²) >= 11 is 0. The molecule has 1 aliphatic heterocycles. The van der Waals surface area contributed by atoms with E-state index in [0.29, 0.717) is 11.5 Å². The molecule has 0 saturated heterocycles. The molecular formula is C14H18N4O2. The van der Waals surface area contributed by atoms with Gasteiger partial charge in [0.1, 0.15) is 11.6 Å². The van der Waals surface area contributed by atoms with Crippen molar-refractivity contribution in [2.24, 2.45) is 0 Å². The molecule has 0 aliphatic carbocycles. The predicted molar refractivity (Wildman–Crippen MR) is 72.4 cm³/mol. The molecule has 1 atom stereocenters. The second-order valence-corrected chi connectivity index (χ2v) is 5.42. The van der Waals surface area contributed by atoms with Crippen LogP contribution in [-0.2, 0) is 13.0 Å². The zero-order valence-electron chi connectivity index (χ0n) is 11.7. The van der Waals surface area contributed by atoms with Crippen molar-refractivity contribution >= 4 is 5.91 Å². The van der Waals surface area contributed by atoms with Gasteiger partial charge in [0.25, 0.3) is 5.91 Å². The normalized spacial score (nSPS) is 18.1. The van der Waals surface area contributed by atoms with E-state index in [2.05, 4.69) is 19.9 Å². The number of hydrogen-bond acceptors (Lipinski definition) is 4. The van der Waals surface area contributed by atoms with E-state index in [1.165, 1.54) is 6.39 Å². The van der Waals surface area contributed by atoms with E-state index < -0.39 is 0 Å². The zero-order chi connectivity index (χ0) is 14.1. The van der Waals surface area contributed by atoms with Gasteiger partial charge in [-0.25, -0.2) is 9.97 Å². The number of carbonyl (C=O) groups is 1. The van der Waals surface area contributed by atoms with Crippen molar-refractivity contribution in [1.29, 1.82) is 0 Å². The highest BCUT2D eigenvalue weighted by Gasteiger charge is 2.24. The van der Waals surface area contributed by atoms with Gasteiger partial charge < -0.3 is 14.3 Å². The lowest BCUT2D eigenvalue weighted by Gasteiger charge is -2.24. The van der Waals surface area contributed by atoms with E-state index in [-0.39, 0.29) is 17.9 Å². The van der Waals surface area contributed by atoms with Crippen molar-refractivity contribution in [2.45, 2.75) is 45.2 Å². The molecule has 1 N–H and O–H groups in total. The molecule has 0 radical (unpaired) electrons. The molecule has 2 aromatic heterocycles. The van der Waals surface area contributed by atoms with Gasteiger partial charge >= 0.3 is 0 Å². The Morgan fingerprint density at radius 1 is 1.50 bits per heavy atom. The lowest BCUT2D eigenvalue weighted by molar-refractivity contribution is 0.0920. The van der Waals surface area contributed by atoms with E-state index in [1.54, 1.807) is 6.20 Å². The average molecular weight is 274 g/mol. The molecule has 0 aromatic carbocycles. The summed E-state index contributed by atoms with van der Waals surface area (Å²) < 4.78 is 7.38. The number of aryl methyl sites for hydroxylation is 1. The molecule has 0 unspecified atom stereocenters. The van der Waals surface area contributed by atoms with E-state index in [1.807, 2.05) is 20.0 Å². The van der Waals surface area contributed by atoms with Crippen LogP contribution < -0.4 is 5.32 Å². The summed E-state index contributed by atoms with van der Waals surface area (Å²) in [5, 5.41) is 3.04. The monoisotopic (exact) mass is 274 g/mol. The largest absolute Gasteiger partial charge is 0.447 e. The van der Waals surface area contributed by atoms with Crippen LogP contribution in [0.1, 0.15) is 48.3 Å². The number of nitrogens with one attached hydrogen (secondary N) is 1. The molecular weight excluding hydrogens is 256 g/mol. The molecule has 6 nitrogen and oxygen atoms in total. The Morgan fingerprint density at radius 3 is 3.15 bits per heavy atom. The number of nitrogens with zero attached hydrogens (tertiary/aromatic N) is 3. The minimum atomic E-state index is -0.156. The van der Waals surface area contributed by atoms with Crippen LogP contribution in [0.15, 0.2) is 23.2 Å². The maximum atomic E-state index is 12.3. The Balaban J connectivity index is 1.69. The van der Waals surface area contributed by atoms with Gasteiger partial charge in [-0.1, -0.05) is 13.8 Å². The van der Waals surface area contributed by atoms with E-state index in [9.17, 15) is 4.79 Å². The van der Waals surface area contributed by atoms with Crippen LogP contribution in [0, 0.1) is 0 Å². The van der Waals surface area contributed by atoms with Gasteiger partial charge in [0.05, 0.1) is 0 Å². The lowest BCUT2D eigenvalue weighted by atomic mass is 10.1. The van der Waals surface area contributed by atoms with Crippen molar-refractivity contribution in [2.75, 3.05) is 0 Å². The Hall–Kier alpha value is -2.11. The Labute approximate surface area is 117 Å². The van der Waals surface area contributed by atoms with Gasteiger partial charge in [-0.05, 0) is 6.42 Å². The highest BCUT2D eigenvalue weighted by atomic mass is 16.3. The van der Waals surface area contributed by atoms with Crippen LogP contribution in [0.5, 0.6) is 0 Å². The first-order valence-electron chi connectivity index (χ1n) is 6.89. The molecule has 1 amide bonds. The summed E-state index contributed by atoms with van der Waals surface area (Å²) in [4.78, 5) is 20.6. The lowest BCUT2D eigenvalue weighted by Crippen LogP contribution is -2.41. The zero-order valence-corrected chi connectivity index (χ0v) is 11.7. The number of fused-ring (bicyclic) bond motifs is 1. The third-order valence-electron chi connectivity index (χ3n) is 3.60. The van der Waals surface area contributed by atoms with Crippen LogP contribution in [0.2, 0.25) is 0 Å². The predicted octanol–water partition coefficient (Wildman–Crippen LogP) is 1.74. The average Bonchev–Trinajstić information content (AvgIpc) is 3.06. The summed E-state index contributed by atoms with van der Waals surface area (Å²) in [5.74, 6) is 1.71. The van der Waals surface area contributed by atoms with Crippen LogP contribution in [0.4, 0.5) is 0 Å². The molecule has 3 rings (SSSR count). The molecule has 0 spiro atoms. The van der Waals surface area contributed by atoms with Crippen molar-refractivity contribution in [3.8, 4) is 0 Å². The van der Waals surface area contributed by atoms with Gasteiger partial charge in [0.2, 0.25) is 0 Å². The van der Waals surface area contributed by atoms with E-state index in [4.69, 9.17) is 4.42 Å². The second kappa shape index (κ2) is 5.11. The first kappa shape index (κ1) is 12.9. The number of amides is 1. The van der Waals surface area contributed by atoms with Gasteiger partial charge in [0.15, 0.2) is 12.1 Å². The molecule has 6 heteroatoms. The van der Waals surface area contributed by atoms with Crippen LogP contribution in [0.25, 0.3) is 0 Å². The highest BCUT2D eigenvalue weighted by molar-refractivity contribution is 5.93. The maximum absolute atomic E-state index is 12.3. The van der Waals surface area contributed by atoms with Crippen molar-refractivity contribution < 1.29 is 9.21 Å². The standard InChI is InChI=1S/C14H18N4O2/c1-9(2)13-12(16-8-20-13)14(19)17-10-3-4-11-15-5-6-18(11)7-10/h5-6,8-10H,3-4,7H2,1-2H3,(H,17,19)/t10-/m1/s1. The quantitative estimate of drug-likeness (QED) is 0.925. The molecule has 0 bridgehead atoms. The minimum Gasteiger partial charge on any atom is -0.447 e. The fourth-order valence-corrected chi connectivity index (χ4v) is 2.57. The van der Waals surface area contributed by atoms with Gasteiger partial charge in [0, 0.05) is 37.3 Å². The van der Waals surface area contributed by atoms with Crippen molar-refractivity contribution in [3.63, 3.8) is 0 Å². The topological polar surface area (TPSA) is 73.0 Å². The van der Waals surface area contributed by atoms with Gasteiger partial charge in [-0.3, -0.25) is 4.79 Å². The number of imidazole rings is 1. The first-order chi connectivity index (χ1) is 9.65. The highest BCUT2D eigenvalue weighted by Crippen LogP contribution is 2.19. The minimum absolute atomic E-state index is 0.112. The smallest absolute Gasteiger partial charge is 0.273 e. The summed E-state index contributed by atoms with van der Waals surface area (Å²) in [6.45, 7) is 4.72. The Kier molecular flexibility index (Phi) is 3.30. The van der Waals surface area contributed by atoms with Gasteiger partial charge in [-0.2, -0.15) is 0 Å². The summed E-state index contributed by atoms with van der Waals surface area (Å²) in [6.07, 6.45) is 6.86. The second-order valence-electron chi connectivity index (χ2n) is 5.42. The summed E-state index contributed by atoms with van der Waals surface area (Å²) in [6, 6.07) is 0.112. The molecule has 1 aliphatic rings. The number of aromatic nitrogens is 3. The first-order valence-corrected chi connectivity index (χ1v) is 6.89. The third-order valence-corrected chi connectivity index (χ3v) is 3.60. The molecule has 0 saturated carbocycles.